The second-order valence-electron chi connectivity index (χ2n) is 6.91. The third-order valence-corrected chi connectivity index (χ3v) is 5.01. The highest BCUT2D eigenvalue weighted by molar-refractivity contribution is 5.82. The predicted molar refractivity (Wildman–Crippen MR) is 105 cm³/mol. The van der Waals surface area contributed by atoms with Gasteiger partial charge in [-0.2, -0.15) is 0 Å². The van der Waals surface area contributed by atoms with Gasteiger partial charge in [0.2, 0.25) is 5.78 Å². The Bertz CT molecular complexity index is 1130. The summed E-state index contributed by atoms with van der Waals surface area (Å²) < 4.78 is 7.96. The van der Waals surface area contributed by atoms with Crippen LogP contribution in [0.5, 0.6) is 5.75 Å². The number of hydrogen-bond acceptors (Lipinski definition) is 4. The van der Waals surface area contributed by atoms with Crippen LogP contribution < -0.4 is 4.74 Å². The van der Waals surface area contributed by atoms with E-state index in [-0.39, 0.29) is 0 Å². The molecule has 0 spiro atoms. The number of fused-ring (bicyclic) bond motifs is 2. The van der Waals surface area contributed by atoms with Gasteiger partial charge in [-0.1, -0.05) is 0 Å². The molecule has 4 aromatic rings. The molecule has 4 heterocycles. The highest BCUT2D eigenvalue weighted by Gasteiger charge is 2.19. The van der Waals surface area contributed by atoms with Gasteiger partial charge >= 0.3 is 0 Å². The van der Waals surface area contributed by atoms with E-state index in [0.29, 0.717) is 5.78 Å². The molecule has 1 aliphatic heterocycles. The fraction of sp³-hybridized carbons (Fsp3) is 0.227. The van der Waals surface area contributed by atoms with Crippen molar-refractivity contribution in [3.8, 4) is 28.3 Å². The normalized spacial score (nSPS) is 13.8. The fourth-order valence-corrected chi connectivity index (χ4v) is 3.72. The van der Waals surface area contributed by atoms with Gasteiger partial charge in [-0.3, -0.25) is 9.38 Å². The van der Waals surface area contributed by atoms with E-state index in [4.69, 9.17) is 9.72 Å². The number of nitrogens with zero attached hydrogens (tertiary/aromatic N) is 4. The smallest absolute Gasteiger partial charge is 0.234 e. The van der Waals surface area contributed by atoms with Crippen LogP contribution in [-0.4, -0.2) is 26.0 Å². The van der Waals surface area contributed by atoms with Gasteiger partial charge in [0.15, 0.2) is 0 Å². The number of aromatic nitrogens is 4. The van der Waals surface area contributed by atoms with Crippen molar-refractivity contribution in [1.29, 1.82) is 0 Å². The van der Waals surface area contributed by atoms with Crippen LogP contribution in [0.4, 0.5) is 0 Å². The Balaban J connectivity index is 1.75. The number of imidazole rings is 1. The van der Waals surface area contributed by atoms with Crippen LogP contribution in [0.2, 0.25) is 0 Å². The zero-order chi connectivity index (χ0) is 18.2. The molecule has 27 heavy (non-hydrogen) atoms. The topological polar surface area (TPSA) is 52.3 Å². The van der Waals surface area contributed by atoms with Gasteiger partial charge in [0.25, 0.3) is 0 Å². The average Bonchev–Trinajstić information content (AvgIpc) is 2.92. The molecule has 0 saturated heterocycles. The highest BCUT2D eigenvalue weighted by Crippen LogP contribution is 2.35. The molecule has 0 atom stereocenters. The average molecular weight is 356 g/mol. The SMILES string of the molecule is Cc1cc(-c2nc3ncccn3c2-c2ccc3c(c2)CCCCO3)ccn1. The van der Waals surface area contributed by atoms with Crippen molar-refractivity contribution in [2.45, 2.75) is 26.2 Å². The van der Waals surface area contributed by atoms with E-state index in [1.165, 1.54) is 5.56 Å². The lowest BCUT2D eigenvalue weighted by Crippen LogP contribution is -1.96. The molecule has 0 aliphatic carbocycles. The van der Waals surface area contributed by atoms with Gasteiger partial charge in [0, 0.05) is 35.4 Å². The van der Waals surface area contributed by atoms with Gasteiger partial charge in [-0.05, 0) is 68.1 Å². The minimum atomic E-state index is 0.697. The Morgan fingerprint density at radius 1 is 1.00 bits per heavy atom. The molecule has 0 amide bonds. The molecule has 5 rings (SSSR count). The lowest BCUT2D eigenvalue weighted by molar-refractivity contribution is 0.317. The number of benzene rings is 1. The maximum atomic E-state index is 5.90. The Kier molecular flexibility index (Phi) is 3.85. The van der Waals surface area contributed by atoms with E-state index in [1.54, 1.807) is 6.20 Å². The Morgan fingerprint density at radius 2 is 1.96 bits per heavy atom. The zero-order valence-electron chi connectivity index (χ0n) is 15.2. The Hall–Kier alpha value is -3.21. The molecule has 3 aromatic heterocycles. The maximum absolute atomic E-state index is 5.90. The molecule has 5 heteroatoms. The van der Waals surface area contributed by atoms with E-state index in [2.05, 4.69) is 38.6 Å². The summed E-state index contributed by atoms with van der Waals surface area (Å²) in [5, 5.41) is 0. The minimum Gasteiger partial charge on any atom is -0.493 e. The molecule has 134 valence electrons. The van der Waals surface area contributed by atoms with Crippen molar-refractivity contribution in [3.63, 3.8) is 0 Å². The Morgan fingerprint density at radius 3 is 2.89 bits per heavy atom. The minimum absolute atomic E-state index is 0.697. The van der Waals surface area contributed by atoms with Crippen molar-refractivity contribution < 1.29 is 4.74 Å². The fourth-order valence-electron chi connectivity index (χ4n) is 3.72. The zero-order valence-corrected chi connectivity index (χ0v) is 15.2. The lowest BCUT2D eigenvalue weighted by atomic mass is 10.0. The third-order valence-electron chi connectivity index (χ3n) is 5.01. The first-order chi connectivity index (χ1) is 13.3. The van der Waals surface area contributed by atoms with Crippen molar-refractivity contribution in [3.05, 3.63) is 66.2 Å². The van der Waals surface area contributed by atoms with Crippen LogP contribution in [0.25, 0.3) is 28.3 Å². The summed E-state index contributed by atoms with van der Waals surface area (Å²) in [6.45, 7) is 2.80. The largest absolute Gasteiger partial charge is 0.493 e. The molecule has 0 bridgehead atoms. The number of ether oxygens (including phenoxy) is 1. The lowest BCUT2D eigenvalue weighted by Gasteiger charge is -2.11. The van der Waals surface area contributed by atoms with Gasteiger partial charge in [0.05, 0.1) is 18.0 Å². The molecule has 0 radical (unpaired) electrons. The molecular weight excluding hydrogens is 336 g/mol. The molecule has 0 unspecified atom stereocenters. The molecule has 0 saturated carbocycles. The summed E-state index contributed by atoms with van der Waals surface area (Å²) >= 11 is 0. The number of rotatable bonds is 2. The van der Waals surface area contributed by atoms with Crippen molar-refractivity contribution >= 4 is 5.78 Å². The second-order valence-corrected chi connectivity index (χ2v) is 6.91. The summed E-state index contributed by atoms with van der Waals surface area (Å²) in [5.41, 5.74) is 6.39. The summed E-state index contributed by atoms with van der Waals surface area (Å²) in [6, 6.07) is 12.5. The van der Waals surface area contributed by atoms with Crippen molar-refractivity contribution in [2.24, 2.45) is 0 Å². The van der Waals surface area contributed by atoms with Gasteiger partial charge in [0.1, 0.15) is 5.75 Å². The first kappa shape index (κ1) is 16.0. The van der Waals surface area contributed by atoms with Crippen LogP contribution in [-0.2, 0) is 6.42 Å². The van der Waals surface area contributed by atoms with Gasteiger partial charge in [-0.25, -0.2) is 9.97 Å². The third kappa shape index (κ3) is 2.85. The van der Waals surface area contributed by atoms with E-state index < -0.39 is 0 Å². The molecular formula is C22H20N4O. The summed E-state index contributed by atoms with van der Waals surface area (Å²) in [6.07, 6.45) is 8.92. The monoisotopic (exact) mass is 356 g/mol. The van der Waals surface area contributed by atoms with E-state index in [0.717, 1.165) is 59.8 Å². The molecule has 5 nitrogen and oxygen atoms in total. The van der Waals surface area contributed by atoms with Gasteiger partial charge < -0.3 is 4.74 Å². The number of hydrogen-bond donors (Lipinski definition) is 0. The maximum Gasteiger partial charge on any atom is 0.234 e. The van der Waals surface area contributed by atoms with E-state index in [9.17, 15) is 0 Å². The molecule has 1 aromatic carbocycles. The van der Waals surface area contributed by atoms with E-state index in [1.807, 2.05) is 31.5 Å². The van der Waals surface area contributed by atoms with Crippen LogP contribution in [0.15, 0.2) is 55.0 Å². The van der Waals surface area contributed by atoms with Crippen molar-refractivity contribution in [2.75, 3.05) is 6.61 Å². The quantitative estimate of drug-likeness (QED) is 0.531. The number of pyridine rings is 1. The summed E-state index contributed by atoms with van der Waals surface area (Å²) in [5.74, 6) is 1.70. The summed E-state index contributed by atoms with van der Waals surface area (Å²) in [7, 11) is 0. The Labute approximate surface area is 157 Å². The molecule has 1 aliphatic rings. The van der Waals surface area contributed by atoms with Crippen LogP contribution >= 0.6 is 0 Å². The predicted octanol–water partition coefficient (Wildman–Crippen LogP) is 4.48. The van der Waals surface area contributed by atoms with E-state index >= 15 is 0 Å². The van der Waals surface area contributed by atoms with Crippen molar-refractivity contribution in [1.82, 2.24) is 19.4 Å². The molecule has 0 N–H and O–H groups in total. The van der Waals surface area contributed by atoms with Crippen LogP contribution in [0.3, 0.4) is 0 Å². The highest BCUT2D eigenvalue weighted by atomic mass is 16.5. The van der Waals surface area contributed by atoms with Crippen LogP contribution in [0.1, 0.15) is 24.1 Å². The summed E-state index contributed by atoms with van der Waals surface area (Å²) in [4.78, 5) is 13.6. The van der Waals surface area contributed by atoms with Crippen LogP contribution in [0, 0.1) is 6.92 Å². The second kappa shape index (κ2) is 6.50. The number of aryl methyl sites for hydroxylation is 2. The van der Waals surface area contributed by atoms with Gasteiger partial charge in [-0.15, -0.1) is 0 Å². The first-order valence-electron chi connectivity index (χ1n) is 9.32. The molecule has 0 fully saturated rings. The standard InChI is InChI=1S/C22H20N4O/c1-15-13-17(8-10-23-15)20-21(26-11-4-9-24-22(26)25-20)18-6-7-19-16(14-18)5-2-3-12-27-19/h4,6-11,13-14H,2-3,5,12H2,1H3. The first-order valence-corrected chi connectivity index (χ1v) is 9.32.